The summed E-state index contributed by atoms with van der Waals surface area (Å²) in [5.41, 5.74) is 0. The maximum Gasteiger partial charge on any atom is 0.314 e. The SMILES string of the molecule is COCCNC(=O)NCC1CCCO1. The van der Waals surface area contributed by atoms with Crippen LogP contribution in [0.2, 0.25) is 0 Å². The molecular weight excluding hydrogens is 184 g/mol. The molecule has 0 radical (unpaired) electrons. The van der Waals surface area contributed by atoms with Crippen molar-refractivity contribution < 1.29 is 14.3 Å². The fourth-order valence-corrected chi connectivity index (χ4v) is 1.34. The van der Waals surface area contributed by atoms with Crippen LogP contribution in [0.1, 0.15) is 12.8 Å². The molecule has 0 aromatic rings. The number of urea groups is 1. The fourth-order valence-electron chi connectivity index (χ4n) is 1.34. The lowest BCUT2D eigenvalue weighted by Crippen LogP contribution is -2.40. The second-order valence-electron chi connectivity index (χ2n) is 3.26. The number of amides is 2. The standard InChI is InChI=1S/C9H18N2O3/c1-13-6-4-10-9(12)11-7-8-3-2-5-14-8/h8H,2-7H2,1H3,(H2,10,11,12). The number of hydrogen-bond acceptors (Lipinski definition) is 3. The number of methoxy groups -OCH3 is 1. The van der Waals surface area contributed by atoms with Crippen molar-refractivity contribution in [1.29, 1.82) is 0 Å². The van der Waals surface area contributed by atoms with Crippen LogP contribution in [0.5, 0.6) is 0 Å². The third kappa shape index (κ3) is 4.43. The van der Waals surface area contributed by atoms with E-state index in [2.05, 4.69) is 10.6 Å². The van der Waals surface area contributed by atoms with Crippen molar-refractivity contribution in [3.63, 3.8) is 0 Å². The van der Waals surface area contributed by atoms with E-state index in [1.54, 1.807) is 7.11 Å². The van der Waals surface area contributed by atoms with E-state index in [0.29, 0.717) is 19.7 Å². The highest BCUT2D eigenvalue weighted by Gasteiger charge is 2.15. The van der Waals surface area contributed by atoms with Gasteiger partial charge < -0.3 is 20.1 Å². The molecule has 1 atom stereocenters. The summed E-state index contributed by atoms with van der Waals surface area (Å²) in [4.78, 5) is 11.1. The second-order valence-corrected chi connectivity index (χ2v) is 3.26. The third-order valence-electron chi connectivity index (χ3n) is 2.11. The molecule has 0 bridgehead atoms. The minimum absolute atomic E-state index is 0.155. The average molecular weight is 202 g/mol. The minimum Gasteiger partial charge on any atom is -0.383 e. The molecule has 0 saturated carbocycles. The van der Waals surface area contributed by atoms with Crippen molar-refractivity contribution >= 4 is 6.03 Å². The smallest absolute Gasteiger partial charge is 0.314 e. The Kier molecular flexibility index (Phi) is 5.32. The van der Waals surface area contributed by atoms with Gasteiger partial charge in [-0.05, 0) is 12.8 Å². The minimum atomic E-state index is -0.155. The van der Waals surface area contributed by atoms with Gasteiger partial charge in [0.2, 0.25) is 0 Å². The van der Waals surface area contributed by atoms with Crippen LogP contribution < -0.4 is 10.6 Å². The lowest BCUT2D eigenvalue weighted by Gasteiger charge is -2.11. The molecule has 2 N–H and O–H groups in total. The van der Waals surface area contributed by atoms with Crippen molar-refractivity contribution in [2.45, 2.75) is 18.9 Å². The van der Waals surface area contributed by atoms with Crippen LogP contribution in [0.15, 0.2) is 0 Å². The topological polar surface area (TPSA) is 59.6 Å². The molecule has 1 heterocycles. The number of nitrogens with one attached hydrogen (secondary N) is 2. The molecule has 82 valence electrons. The summed E-state index contributed by atoms with van der Waals surface area (Å²) in [6, 6.07) is -0.155. The van der Waals surface area contributed by atoms with Gasteiger partial charge in [0.05, 0.1) is 12.7 Å². The summed E-state index contributed by atoms with van der Waals surface area (Å²) < 4.78 is 10.2. The van der Waals surface area contributed by atoms with Gasteiger partial charge in [0.1, 0.15) is 0 Å². The van der Waals surface area contributed by atoms with E-state index in [-0.39, 0.29) is 12.1 Å². The van der Waals surface area contributed by atoms with E-state index in [4.69, 9.17) is 9.47 Å². The summed E-state index contributed by atoms with van der Waals surface area (Å²) in [7, 11) is 1.60. The monoisotopic (exact) mass is 202 g/mol. The van der Waals surface area contributed by atoms with E-state index in [9.17, 15) is 4.79 Å². The Bertz CT molecular complexity index is 169. The molecular formula is C9H18N2O3. The van der Waals surface area contributed by atoms with Crippen LogP contribution in [-0.4, -0.2) is 45.5 Å². The summed E-state index contributed by atoms with van der Waals surface area (Å²) in [6.07, 6.45) is 2.33. The first-order valence-corrected chi connectivity index (χ1v) is 4.95. The Balaban J connectivity index is 1.96. The fraction of sp³-hybridized carbons (Fsp3) is 0.889. The lowest BCUT2D eigenvalue weighted by molar-refractivity contribution is 0.111. The first-order valence-electron chi connectivity index (χ1n) is 4.95. The van der Waals surface area contributed by atoms with Gasteiger partial charge in [0, 0.05) is 26.8 Å². The Morgan fingerprint density at radius 2 is 2.43 bits per heavy atom. The van der Waals surface area contributed by atoms with E-state index in [0.717, 1.165) is 19.4 Å². The van der Waals surface area contributed by atoms with E-state index in [1.165, 1.54) is 0 Å². The Morgan fingerprint density at radius 1 is 1.57 bits per heavy atom. The van der Waals surface area contributed by atoms with E-state index < -0.39 is 0 Å². The number of rotatable bonds is 5. The van der Waals surface area contributed by atoms with Crippen LogP contribution in [-0.2, 0) is 9.47 Å². The summed E-state index contributed by atoms with van der Waals surface area (Å²) >= 11 is 0. The van der Waals surface area contributed by atoms with Gasteiger partial charge in [-0.2, -0.15) is 0 Å². The zero-order valence-electron chi connectivity index (χ0n) is 8.54. The normalized spacial score (nSPS) is 20.8. The highest BCUT2D eigenvalue weighted by atomic mass is 16.5. The average Bonchev–Trinajstić information content (AvgIpc) is 2.68. The first-order chi connectivity index (χ1) is 6.83. The van der Waals surface area contributed by atoms with Gasteiger partial charge in [-0.3, -0.25) is 0 Å². The molecule has 0 aliphatic carbocycles. The van der Waals surface area contributed by atoms with Gasteiger partial charge in [0.25, 0.3) is 0 Å². The number of carbonyl (C=O) groups excluding carboxylic acids is 1. The van der Waals surface area contributed by atoms with E-state index in [1.807, 2.05) is 0 Å². The van der Waals surface area contributed by atoms with Crippen LogP contribution in [0.4, 0.5) is 4.79 Å². The molecule has 1 aliphatic heterocycles. The quantitative estimate of drug-likeness (QED) is 0.622. The largest absolute Gasteiger partial charge is 0.383 e. The van der Waals surface area contributed by atoms with Gasteiger partial charge in [-0.1, -0.05) is 0 Å². The highest BCUT2D eigenvalue weighted by molar-refractivity contribution is 5.73. The van der Waals surface area contributed by atoms with Gasteiger partial charge in [-0.15, -0.1) is 0 Å². The third-order valence-corrected chi connectivity index (χ3v) is 2.11. The molecule has 1 fully saturated rings. The van der Waals surface area contributed by atoms with E-state index >= 15 is 0 Å². The van der Waals surface area contributed by atoms with Gasteiger partial charge in [0.15, 0.2) is 0 Å². The number of hydrogen-bond donors (Lipinski definition) is 2. The van der Waals surface area contributed by atoms with Crippen molar-refractivity contribution in [2.75, 3.05) is 33.4 Å². The zero-order chi connectivity index (χ0) is 10.2. The summed E-state index contributed by atoms with van der Waals surface area (Å²) in [5.74, 6) is 0. The lowest BCUT2D eigenvalue weighted by atomic mass is 10.2. The van der Waals surface area contributed by atoms with Gasteiger partial charge >= 0.3 is 6.03 Å². The van der Waals surface area contributed by atoms with Crippen molar-refractivity contribution in [2.24, 2.45) is 0 Å². The summed E-state index contributed by atoms with van der Waals surface area (Å²) in [5, 5.41) is 5.43. The number of ether oxygens (including phenoxy) is 2. The van der Waals surface area contributed by atoms with Crippen LogP contribution >= 0.6 is 0 Å². The highest BCUT2D eigenvalue weighted by Crippen LogP contribution is 2.10. The summed E-state index contributed by atoms with van der Waals surface area (Å²) in [6.45, 7) is 2.48. The van der Waals surface area contributed by atoms with Crippen LogP contribution in [0.25, 0.3) is 0 Å². The molecule has 1 aliphatic rings. The van der Waals surface area contributed by atoms with Crippen molar-refractivity contribution in [1.82, 2.24) is 10.6 Å². The van der Waals surface area contributed by atoms with Crippen LogP contribution in [0, 0.1) is 0 Å². The molecule has 1 rings (SSSR count). The van der Waals surface area contributed by atoms with Gasteiger partial charge in [-0.25, -0.2) is 4.79 Å². The molecule has 0 aromatic heterocycles. The Hall–Kier alpha value is -0.810. The maximum absolute atomic E-state index is 11.1. The number of carbonyl (C=O) groups is 1. The van der Waals surface area contributed by atoms with Crippen molar-refractivity contribution in [3.8, 4) is 0 Å². The predicted molar refractivity (Wildman–Crippen MR) is 52.3 cm³/mol. The maximum atomic E-state index is 11.1. The molecule has 14 heavy (non-hydrogen) atoms. The molecule has 2 amide bonds. The molecule has 0 spiro atoms. The van der Waals surface area contributed by atoms with Crippen LogP contribution in [0.3, 0.4) is 0 Å². The molecule has 0 aromatic carbocycles. The second kappa shape index (κ2) is 6.62. The Morgan fingerprint density at radius 3 is 3.07 bits per heavy atom. The van der Waals surface area contributed by atoms with Crippen molar-refractivity contribution in [3.05, 3.63) is 0 Å². The molecule has 5 nitrogen and oxygen atoms in total. The molecule has 1 saturated heterocycles. The Labute approximate surface area is 84.1 Å². The zero-order valence-corrected chi connectivity index (χ0v) is 8.54. The molecule has 5 heteroatoms. The molecule has 1 unspecified atom stereocenters. The predicted octanol–water partition coefficient (Wildman–Crippen LogP) is 0.111. The first kappa shape index (κ1) is 11.3.